The quantitative estimate of drug-likeness (QED) is 0.504. The van der Waals surface area contributed by atoms with E-state index >= 15 is 0 Å². The largest absolute Gasteiger partial charge is 0.469 e. The lowest BCUT2D eigenvalue weighted by Gasteiger charge is -2.05. The number of methoxy groups -OCH3 is 1. The summed E-state index contributed by atoms with van der Waals surface area (Å²) < 4.78 is 9.43. The van der Waals surface area contributed by atoms with E-state index in [2.05, 4.69) is 4.74 Å². The highest BCUT2D eigenvalue weighted by Gasteiger charge is 2.09. The molecular weight excluding hydrogens is 258 g/mol. The number of carbonyl (C=O) groups excluding carboxylic acids is 2. The van der Waals surface area contributed by atoms with E-state index in [0.717, 1.165) is 0 Å². The van der Waals surface area contributed by atoms with Crippen molar-refractivity contribution < 1.29 is 19.1 Å². The van der Waals surface area contributed by atoms with Crippen molar-refractivity contribution in [2.75, 3.05) is 19.5 Å². The summed E-state index contributed by atoms with van der Waals surface area (Å²) in [6.07, 6.45) is 0.621. The number of rotatable bonds is 5. The van der Waals surface area contributed by atoms with Crippen LogP contribution in [0.25, 0.3) is 0 Å². The second-order valence-corrected chi connectivity index (χ2v) is 4.03. The fourth-order valence-corrected chi connectivity index (χ4v) is 1.54. The molecule has 0 aromatic heterocycles. The summed E-state index contributed by atoms with van der Waals surface area (Å²) in [7, 11) is 1.31. The molecule has 0 amide bonds. The molecule has 0 aliphatic rings. The van der Waals surface area contributed by atoms with E-state index in [-0.39, 0.29) is 24.6 Å². The van der Waals surface area contributed by atoms with Crippen LogP contribution in [0.1, 0.15) is 23.2 Å². The lowest BCUT2D eigenvalue weighted by molar-refractivity contribution is -0.140. The van der Waals surface area contributed by atoms with Gasteiger partial charge in [-0.05, 0) is 24.6 Å². The van der Waals surface area contributed by atoms with Gasteiger partial charge < -0.3 is 15.2 Å². The Labute approximate surface area is 110 Å². The molecule has 0 fully saturated rings. The van der Waals surface area contributed by atoms with Gasteiger partial charge in [0.1, 0.15) is 0 Å². The van der Waals surface area contributed by atoms with Crippen molar-refractivity contribution in [3.8, 4) is 0 Å². The zero-order chi connectivity index (χ0) is 13.5. The predicted octanol–water partition coefficient (Wildman–Crippen LogP) is 2.03. The van der Waals surface area contributed by atoms with Crippen LogP contribution in [0.5, 0.6) is 0 Å². The Morgan fingerprint density at radius 3 is 2.67 bits per heavy atom. The average Bonchev–Trinajstić information content (AvgIpc) is 2.32. The van der Waals surface area contributed by atoms with Gasteiger partial charge in [-0.1, -0.05) is 11.6 Å². The molecule has 1 aromatic rings. The van der Waals surface area contributed by atoms with E-state index in [1.165, 1.54) is 25.3 Å². The predicted molar refractivity (Wildman–Crippen MR) is 67.4 cm³/mol. The third kappa shape index (κ3) is 4.63. The van der Waals surface area contributed by atoms with Crippen molar-refractivity contribution in [1.29, 1.82) is 0 Å². The zero-order valence-electron chi connectivity index (χ0n) is 9.94. The smallest absolute Gasteiger partial charge is 0.338 e. The lowest BCUT2D eigenvalue weighted by Crippen LogP contribution is -2.09. The highest BCUT2D eigenvalue weighted by Crippen LogP contribution is 2.17. The third-order valence-corrected chi connectivity index (χ3v) is 2.36. The maximum absolute atomic E-state index is 11.6. The number of hydrogen-bond donors (Lipinski definition) is 1. The first kappa shape index (κ1) is 14.3. The molecule has 0 heterocycles. The van der Waals surface area contributed by atoms with Gasteiger partial charge in [0.2, 0.25) is 0 Å². The molecule has 0 radical (unpaired) electrons. The minimum atomic E-state index is -0.519. The van der Waals surface area contributed by atoms with Crippen molar-refractivity contribution in [2.45, 2.75) is 12.8 Å². The van der Waals surface area contributed by atoms with Gasteiger partial charge in [0, 0.05) is 17.1 Å². The summed E-state index contributed by atoms with van der Waals surface area (Å²) in [4.78, 5) is 22.4. The molecule has 1 aromatic carbocycles. The van der Waals surface area contributed by atoms with Crippen LogP contribution in [0.2, 0.25) is 5.02 Å². The van der Waals surface area contributed by atoms with Gasteiger partial charge in [-0.25, -0.2) is 4.79 Å². The van der Waals surface area contributed by atoms with Crippen molar-refractivity contribution in [2.24, 2.45) is 0 Å². The molecular formula is C12H14ClNO4. The number of ether oxygens (including phenoxy) is 2. The van der Waals surface area contributed by atoms with Crippen LogP contribution in [-0.2, 0) is 14.3 Å². The standard InChI is InChI=1S/C12H14ClNO4/c1-17-11(15)3-2-4-18-12(16)8-5-9(13)7-10(14)6-8/h5-7H,2-4,14H2,1H3. The van der Waals surface area contributed by atoms with Gasteiger partial charge >= 0.3 is 11.9 Å². The molecule has 2 N–H and O–H groups in total. The Hall–Kier alpha value is -1.75. The SMILES string of the molecule is COC(=O)CCCOC(=O)c1cc(N)cc(Cl)c1. The van der Waals surface area contributed by atoms with Crippen LogP contribution in [0.3, 0.4) is 0 Å². The van der Waals surface area contributed by atoms with Crippen LogP contribution in [0.4, 0.5) is 5.69 Å². The van der Waals surface area contributed by atoms with Gasteiger partial charge in [0.25, 0.3) is 0 Å². The molecule has 98 valence electrons. The normalized spacial score (nSPS) is 9.89. The van der Waals surface area contributed by atoms with Gasteiger partial charge in [-0.2, -0.15) is 0 Å². The molecule has 1 rings (SSSR count). The van der Waals surface area contributed by atoms with Crippen molar-refractivity contribution in [3.05, 3.63) is 28.8 Å². The fraction of sp³-hybridized carbons (Fsp3) is 0.333. The summed E-state index contributed by atoms with van der Waals surface area (Å²) in [5.41, 5.74) is 6.24. The molecule has 0 unspecified atom stereocenters. The average molecular weight is 272 g/mol. The zero-order valence-corrected chi connectivity index (χ0v) is 10.7. The van der Waals surface area contributed by atoms with Crippen LogP contribution in [0, 0.1) is 0 Å². The molecule has 6 heteroatoms. The fourth-order valence-electron chi connectivity index (χ4n) is 1.30. The Balaban J connectivity index is 2.43. The van der Waals surface area contributed by atoms with Gasteiger partial charge in [0.15, 0.2) is 0 Å². The number of nitrogen functional groups attached to an aromatic ring is 1. The van der Waals surface area contributed by atoms with E-state index in [1.807, 2.05) is 0 Å². The molecule has 0 saturated heterocycles. The Bertz CT molecular complexity index is 427. The summed E-state index contributed by atoms with van der Waals surface area (Å²) in [5.74, 6) is -0.855. The van der Waals surface area contributed by atoms with Crippen LogP contribution >= 0.6 is 11.6 Å². The van der Waals surface area contributed by atoms with E-state index in [4.69, 9.17) is 22.1 Å². The number of hydrogen-bond acceptors (Lipinski definition) is 5. The van der Waals surface area contributed by atoms with Crippen molar-refractivity contribution in [3.63, 3.8) is 0 Å². The molecule has 0 bridgehead atoms. The van der Waals surface area contributed by atoms with Gasteiger partial charge in [-0.15, -0.1) is 0 Å². The minimum Gasteiger partial charge on any atom is -0.469 e. The first-order valence-corrected chi connectivity index (χ1v) is 5.70. The third-order valence-electron chi connectivity index (χ3n) is 2.14. The number of halogens is 1. The highest BCUT2D eigenvalue weighted by molar-refractivity contribution is 6.31. The van der Waals surface area contributed by atoms with Crippen LogP contribution in [-0.4, -0.2) is 25.7 Å². The van der Waals surface area contributed by atoms with Gasteiger partial charge in [0.05, 0.1) is 19.3 Å². The van der Waals surface area contributed by atoms with Crippen molar-refractivity contribution in [1.82, 2.24) is 0 Å². The molecule has 0 atom stereocenters. The molecule has 0 aliphatic carbocycles. The second kappa shape index (κ2) is 6.86. The van der Waals surface area contributed by atoms with E-state index < -0.39 is 5.97 Å². The first-order chi connectivity index (χ1) is 8.52. The monoisotopic (exact) mass is 271 g/mol. The Morgan fingerprint density at radius 2 is 2.06 bits per heavy atom. The maximum atomic E-state index is 11.6. The first-order valence-electron chi connectivity index (χ1n) is 5.33. The Kier molecular flexibility index (Phi) is 5.45. The minimum absolute atomic E-state index is 0.139. The molecule has 0 saturated carbocycles. The number of nitrogens with two attached hydrogens (primary N) is 1. The maximum Gasteiger partial charge on any atom is 0.338 e. The highest BCUT2D eigenvalue weighted by atomic mass is 35.5. The second-order valence-electron chi connectivity index (χ2n) is 3.59. The summed E-state index contributed by atoms with van der Waals surface area (Å²) in [5, 5.41) is 0.372. The van der Waals surface area contributed by atoms with Gasteiger partial charge in [-0.3, -0.25) is 4.79 Å². The molecule has 5 nitrogen and oxygen atoms in total. The Morgan fingerprint density at radius 1 is 1.33 bits per heavy atom. The number of esters is 2. The molecule has 18 heavy (non-hydrogen) atoms. The van der Waals surface area contributed by atoms with E-state index in [0.29, 0.717) is 17.1 Å². The van der Waals surface area contributed by atoms with Crippen molar-refractivity contribution >= 4 is 29.2 Å². The molecule has 0 aliphatic heterocycles. The van der Waals surface area contributed by atoms with Crippen LogP contribution in [0.15, 0.2) is 18.2 Å². The number of benzene rings is 1. The number of carbonyl (C=O) groups is 2. The lowest BCUT2D eigenvalue weighted by atomic mass is 10.2. The number of anilines is 1. The van der Waals surface area contributed by atoms with E-state index in [1.54, 1.807) is 0 Å². The summed E-state index contributed by atoms with van der Waals surface area (Å²) >= 11 is 5.77. The topological polar surface area (TPSA) is 78.6 Å². The van der Waals surface area contributed by atoms with E-state index in [9.17, 15) is 9.59 Å². The van der Waals surface area contributed by atoms with Crippen LogP contribution < -0.4 is 5.73 Å². The molecule has 0 spiro atoms. The summed E-state index contributed by atoms with van der Waals surface area (Å²) in [6.45, 7) is 0.139. The summed E-state index contributed by atoms with van der Waals surface area (Å²) in [6, 6.07) is 4.49.